The van der Waals surface area contributed by atoms with E-state index in [2.05, 4.69) is 15.3 Å². The third-order valence-electron chi connectivity index (χ3n) is 3.35. The van der Waals surface area contributed by atoms with Gasteiger partial charge < -0.3 is 20.5 Å². The van der Waals surface area contributed by atoms with Gasteiger partial charge in [-0.3, -0.25) is 4.79 Å². The van der Waals surface area contributed by atoms with Gasteiger partial charge in [-0.15, -0.1) is 0 Å². The maximum atomic E-state index is 12.2. The molecule has 25 heavy (non-hydrogen) atoms. The molecule has 0 spiro atoms. The lowest BCUT2D eigenvalue weighted by atomic mass is 10.2. The van der Waals surface area contributed by atoms with Crippen LogP contribution in [0.1, 0.15) is 10.5 Å². The first-order chi connectivity index (χ1) is 12.2. The molecule has 0 saturated carbocycles. The fourth-order valence-corrected chi connectivity index (χ4v) is 2.15. The highest BCUT2D eigenvalue weighted by Gasteiger charge is 2.12. The number of ether oxygens (including phenoxy) is 2. The molecule has 1 aromatic heterocycles. The van der Waals surface area contributed by atoms with Crippen LogP contribution in [-0.4, -0.2) is 23.0 Å². The molecule has 0 fully saturated rings. The zero-order valence-electron chi connectivity index (χ0n) is 13.5. The van der Waals surface area contributed by atoms with Gasteiger partial charge in [0.25, 0.3) is 5.91 Å². The van der Waals surface area contributed by atoms with Crippen LogP contribution in [0.4, 0.5) is 11.5 Å². The number of nitrogens with two attached hydrogens (primary N) is 1. The molecule has 1 amide bonds. The molecule has 0 radical (unpaired) electrons. The van der Waals surface area contributed by atoms with Gasteiger partial charge in [-0.2, -0.15) is 0 Å². The maximum absolute atomic E-state index is 12.2. The molecule has 126 valence electrons. The van der Waals surface area contributed by atoms with Gasteiger partial charge in [0.1, 0.15) is 5.75 Å². The summed E-state index contributed by atoms with van der Waals surface area (Å²) in [4.78, 5) is 19.9. The van der Waals surface area contributed by atoms with Crippen molar-refractivity contribution in [2.45, 2.75) is 0 Å². The molecule has 7 nitrogen and oxygen atoms in total. The lowest BCUT2D eigenvalue weighted by Gasteiger charge is -2.11. The lowest BCUT2D eigenvalue weighted by Crippen LogP contribution is -2.16. The van der Waals surface area contributed by atoms with E-state index in [1.807, 2.05) is 24.3 Å². The summed E-state index contributed by atoms with van der Waals surface area (Å²) in [6, 6.07) is 14.3. The molecular weight excluding hydrogens is 320 g/mol. The van der Waals surface area contributed by atoms with Crippen molar-refractivity contribution in [2.24, 2.45) is 0 Å². The Morgan fingerprint density at radius 3 is 2.36 bits per heavy atom. The van der Waals surface area contributed by atoms with Gasteiger partial charge in [-0.05, 0) is 36.4 Å². The normalized spacial score (nSPS) is 10.1. The van der Waals surface area contributed by atoms with Crippen molar-refractivity contribution >= 4 is 17.4 Å². The predicted molar refractivity (Wildman–Crippen MR) is 93.9 cm³/mol. The van der Waals surface area contributed by atoms with Crippen molar-refractivity contribution in [1.82, 2.24) is 9.97 Å². The number of nitrogens with one attached hydrogen (secondary N) is 1. The number of benzene rings is 2. The molecule has 0 aliphatic heterocycles. The number of hydrogen-bond donors (Lipinski definition) is 2. The van der Waals surface area contributed by atoms with Crippen LogP contribution in [0, 0.1) is 0 Å². The Morgan fingerprint density at radius 2 is 1.68 bits per heavy atom. The highest BCUT2D eigenvalue weighted by atomic mass is 16.5. The van der Waals surface area contributed by atoms with Gasteiger partial charge in [-0.25, -0.2) is 9.97 Å². The number of carbonyl (C=O) groups is 1. The molecule has 3 rings (SSSR count). The summed E-state index contributed by atoms with van der Waals surface area (Å²) in [6.45, 7) is 0. The lowest BCUT2D eigenvalue weighted by molar-refractivity contribution is 0.102. The molecule has 0 aliphatic rings. The largest absolute Gasteiger partial charge is 0.493 e. The minimum atomic E-state index is -0.427. The number of carbonyl (C=O) groups excluding carboxylic acids is 1. The van der Waals surface area contributed by atoms with Crippen molar-refractivity contribution in [3.63, 3.8) is 0 Å². The average molecular weight is 336 g/mol. The smallest absolute Gasteiger partial charge is 0.278 e. The third-order valence-corrected chi connectivity index (χ3v) is 3.35. The van der Waals surface area contributed by atoms with Crippen molar-refractivity contribution in [3.05, 3.63) is 66.6 Å². The quantitative estimate of drug-likeness (QED) is 0.742. The summed E-state index contributed by atoms with van der Waals surface area (Å²) in [7, 11) is 1.58. The topological polar surface area (TPSA) is 99.4 Å². The standard InChI is InChI=1S/C18H16N4O3/c1-24-14-4-2-3-5-15(14)25-13-8-6-12(7-9-13)22-18(23)16-17(19)21-11-10-20-16/h2-11H,1H3,(H2,19,21)(H,22,23). The third kappa shape index (κ3) is 3.84. The fraction of sp³-hybridized carbons (Fsp3) is 0.0556. The number of hydrogen-bond acceptors (Lipinski definition) is 6. The van der Waals surface area contributed by atoms with Crippen LogP contribution < -0.4 is 20.5 Å². The van der Waals surface area contributed by atoms with E-state index in [-0.39, 0.29) is 11.5 Å². The van der Waals surface area contributed by atoms with E-state index < -0.39 is 5.91 Å². The second-order valence-electron chi connectivity index (χ2n) is 5.02. The summed E-state index contributed by atoms with van der Waals surface area (Å²) in [6.07, 6.45) is 2.84. The zero-order valence-corrected chi connectivity index (χ0v) is 13.5. The van der Waals surface area contributed by atoms with Crippen LogP contribution in [-0.2, 0) is 0 Å². The second kappa shape index (κ2) is 7.31. The molecule has 0 unspecified atom stereocenters. The minimum absolute atomic E-state index is 0.0797. The summed E-state index contributed by atoms with van der Waals surface area (Å²) < 4.78 is 11.0. The number of nitrogen functional groups attached to an aromatic ring is 1. The fourth-order valence-electron chi connectivity index (χ4n) is 2.15. The molecule has 2 aromatic carbocycles. The van der Waals surface area contributed by atoms with Crippen molar-refractivity contribution in [1.29, 1.82) is 0 Å². The molecule has 1 heterocycles. The van der Waals surface area contributed by atoms with E-state index >= 15 is 0 Å². The molecule has 7 heteroatoms. The van der Waals surface area contributed by atoms with Crippen LogP contribution in [0.25, 0.3) is 0 Å². The van der Waals surface area contributed by atoms with Gasteiger partial charge in [0.05, 0.1) is 7.11 Å². The summed E-state index contributed by atoms with van der Waals surface area (Å²) in [5.74, 6) is 1.51. The Hall–Kier alpha value is -3.61. The van der Waals surface area contributed by atoms with Gasteiger partial charge in [0.15, 0.2) is 23.0 Å². The van der Waals surface area contributed by atoms with Crippen molar-refractivity contribution < 1.29 is 14.3 Å². The van der Waals surface area contributed by atoms with Gasteiger partial charge >= 0.3 is 0 Å². The van der Waals surface area contributed by atoms with Crippen molar-refractivity contribution in [2.75, 3.05) is 18.2 Å². The Bertz CT molecular complexity index is 881. The SMILES string of the molecule is COc1ccccc1Oc1ccc(NC(=O)c2nccnc2N)cc1. The van der Waals surface area contributed by atoms with Crippen molar-refractivity contribution in [3.8, 4) is 17.2 Å². The molecular formula is C18H16N4O3. The minimum Gasteiger partial charge on any atom is -0.493 e. The van der Waals surface area contributed by atoms with Crippen LogP contribution in [0.15, 0.2) is 60.9 Å². The Labute approximate surface area is 144 Å². The predicted octanol–water partition coefficient (Wildman–Crippen LogP) is 3.11. The average Bonchev–Trinajstić information content (AvgIpc) is 2.64. The van der Waals surface area contributed by atoms with E-state index in [1.54, 1.807) is 31.4 Å². The van der Waals surface area contributed by atoms with Crippen LogP contribution in [0.3, 0.4) is 0 Å². The maximum Gasteiger partial charge on any atom is 0.278 e. The van der Waals surface area contributed by atoms with E-state index in [9.17, 15) is 4.79 Å². The summed E-state index contributed by atoms with van der Waals surface area (Å²) in [5, 5.41) is 2.71. The summed E-state index contributed by atoms with van der Waals surface area (Å²) >= 11 is 0. The molecule has 3 aromatic rings. The number of anilines is 2. The van der Waals surface area contributed by atoms with E-state index in [0.29, 0.717) is 22.9 Å². The first kappa shape index (κ1) is 16.3. The first-order valence-corrected chi connectivity index (χ1v) is 7.46. The number of aromatic nitrogens is 2. The first-order valence-electron chi connectivity index (χ1n) is 7.46. The Balaban J connectivity index is 1.70. The van der Waals surface area contributed by atoms with E-state index in [4.69, 9.17) is 15.2 Å². The Morgan fingerprint density at radius 1 is 1.00 bits per heavy atom. The number of nitrogens with zero attached hydrogens (tertiary/aromatic N) is 2. The monoisotopic (exact) mass is 336 g/mol. The second-order valence-corrected chi connectivity index (χ2v) is 5.02. The Kier molecular flexibility index (Phi) is 4.75. The van der Waals surface area contributed by atoms with Crippen LogP contribution >= 0.6 is 0 Å². The highest BCUT2D eigenvalue weighted by molar-refractivity contribution is 6.05. The van der Waals surface area contributed by atoms with Crippen LogP contribution in [0.2, 0.25) is 0 Å². The number of methoxy groups -OCH3 is 1. The number of para-hydroxylation sites is 2. The van der Waals surface area contributed by atoms with Gasteiger partial charge in [-0.1, -0.05) is 12.1 Å². The molecule has 0 saturated heterocycles. The molecule has 0 bridgehead atoms. The van der Waals surface area contributed by atoms with Gasteiger partial charge in [0, 0.05) is 18.1 Å². The summed E-state index contributed by atoms with van der Waals surface area (Å²) in [5.41, 5.74) is 6.31. The molecule has 0 aliphatic carbocycles. The van der Waals surface area contributed by atoms with Crippen LogP contribution in [0.5, 0.6) is 17.2 Å². The molecule has 0 atom stereocenters. The number of amides is 1. The number of rotatable bonds is 5. The van der Waals surface area contributed by atoms with E-state index in [0.717, 1.165) is 0 Å². The molecule has 3 N–H and O–H groups in total. The highest BCUT2D eigenvalue weighted by Crippen LogP contribution is 2.31. The van der Waals surface area contributed by atoms with E-state index in [1.165, 1.54) is 12.4 Å². The zero-order chi connectivity index (χ0) is 17.6. The van der Waals surface area contributed by atoms with Gasteiger partial charge in [0.2, 0.25) is 0 Å².